The van der Waals surface area contributed by atoms with Crippen molar-refractivity contribution in [3.63, 3.8) is 0 Å². The van der Waals surface area contributed by atoms with Crippen LogP contribution in [-0.4, -0.2) is 73.7 Å². The zero-order chi connectivity index (χ0) is 40.5. The van der Waals surface area contributed by atoms with Crippen LogP contribution in [0, 0.1) is 20.8 Å². The molecule has 0 bridgehead atoms. The number of benzene rings is 1. The van der Waals surface area contributed by atoms with E-state index in [-0.39, 0.29) is 0 Å². The second kappa shape index (κ2) is 26.9. The minimum atomic E-state index is 0.513. The van der Waals surface area contributed by atoms with Crippen molar-refractivity contribution < 1.29 is 42.4 Å². The highest BCUT2D eigenvalue weighted by Crippen LogP contribution is 2.27. The monoisotopic (exact) mass is 796 g/mol. The van der Waals surface area contributed by atoms with E-state index in [9.17, 15) is 0 Å². The van der Waals surface area contributed by atoms with Crippen molar-refractivity contribution in [2.24, 2.45) is 0 Å². The summed E-state index contributed by atoms with van der Waals surface area (Å²) < 4.78 is 29.3. The van der Waals surface area contributed by atoms with E-state index in [1.165, 1.54) is 91.2 Å². The smallest absolute Gasteiger partial charge is 0.284 e. The van der Waals surface area contributed by atoms with Gasteiger partial charge in [-0.1, -0.05) is 92.7 Å². The Morgan fingerprint density at radius 1 is 0.386 bits per heavy atom. The molecule has 0 saturated heterocycles. The summed E-state index contributed by atoms with van der Waals surface area (Å²) in [5.74, 6) is 0. The van der Waals surface area contributed by atoms with Gasteiger partial charge in [0.1, 0.15) is 38.2 Å². The first kappa shape index (κ1) is 45.8. The van der Waals surface area contributed by atoms with Crippen LogP contribution < -0.4 is 28.2 Å². The number of hydrogen-bond donors (Lipinski definition) is 0. The number of rotatable bonds is 33. The molecule has 0 spiro atoms. The van der Waals surface area contributed by atoms with Crippen molar-refractivity contribution in [2.45, 2.75) is 138 Å². The topological polar surface area (TPSA) is 81.8 Å². The summed E-state index contributed by atoms with van der Waals surface area (Å²) >= 11 is 0. The maximum Gasteiger partial charge on any atom is 0.284 e. The molecule has 0 N–H and O–H groups in total. The average molecular weight is 796 g/mol. The third kappa shape index (κ3) is 16.5. The van der Waals surface area contributed by atoms with Crippen LogP contribution in [0.4, 0.5) is 0 Å². The Bertz CT molecular complexity index is 1450. The first-order chi connectivity index (χ1) is 27.9. The first-order valence-electron chi connectivity index (χ1n) is 21.9. The molecule has 4 aromatic rings. The lowest BCUT2D eigenvalue weighted by molar-refractivity contribution is -0.691. The Morgan fingerprint density at radius 2 is 0.684 bits per heavy atom. The predicted octanol–water partition coefficient (Wildman–Crippen LogP) is 6.10. The van der Waals surface area contributed by atoms with Crippen LogP contribution >= 0.6 is 0 Å². The summed E-state index contributed by atoms with van der Waals surface area (Å²) in [7, 11) is 0. The molecule has 0 aliphatic carbocycles. The number of aromatic nitrogens is 6. The van der Waals surface area contributed by atoms with E-state index in [1.807, 2.05) is 37.6 Å². The van der Waals surface area contributed by atoms with E-state index in [0.717, 1.165) is 58.7 Å². The van der Waals surface area contributed by atoms with Crippen molar-refractivity contribution in [3.05, 3.63) is 89.5 Å². The van der Waals surface area contributed by atoms with Gasteiger partial charge in [0, 0.05) is 36.5 Å². The van der Waals surface area contributed by atoms with E-state index in [1.54, 1.807) is 14.2 Å². The molecule has 318 valence electrons. The van der Waals surface area contributed by atoms with Crippen LogP contribution in [-0.2, 0) is 33.8 Å². The Morgan fingerprint density at radius 3 is 0.965 bits per heavy atom. The zero-order valence-corrected chi connectivity index (χ0v) is 36.3. The van der Waals surface area contributed by atoms with Gasteiger partial charge < -0.3 is 28.7 Å². The van der Waals surface area contributed by atoms with Gasteiger partial charge in [-0.3, -0.25) is 0 Å². The molecule has 4 rings (SSSR count). The highest BCUT2D eigenvalue weighted by atomic mass is 16.7. The maximum absolute atomic E-state index is 5.98. The average Bonchev–Trinajstić information content (AvgIpc) is 3.99. The van der Waals surface area contributed by atoms with E-state index >= 15 is 0 Å². The number of imidazole rings is 3. The number of ether oxygens (including phenoxy) is 3. The second-order valence-corrected chi connectivity index (χ2v) is 15.2. The molecule has 0 saturated carbocycles. The Labute approximate surface area is 343 Å². The normalized spacial score (nSPS) is 11.5. The zero-order valence-electron chi connectivity index (χ0n) is 36.3. The molecule has 0 amide bonds. The fourth-order valence-corrected chi connectivity index (χ4v) is 7.09. The van der Waals surface area contributed by atoms with Crippen molar-refractivity contribution in [2.75, 3.05) is 59.5 Å². The molecule has 0 fully saturated rings. The van der Waals surface area contributed by atoms with Gasteiger partial charge in [-0.15, -0.1) is 0 Å². The molecule has 3 aromatic heterocycles. The fourth-order valence-electron chi connectivity index (χ4n) is 7.09. The van der Waals surface area contributed by atoms with Crippen LogP contribution in [0.2, 0.25) is 0 Å². The van der Waals surface area contributed by atoms with Crippen LogP contribution in [0.15, 0.2) is 56.2 Å². The van der Waals surface area contributed by atoms with Crippen LogP contribution in [0.25, 0.3) is 0 Å². The summed E-state index contributed by atoms with van der Waals surface area (Å²) in [6, 6.07) is 0. The van der Waals surface area contributed by atoms with Gasteiger partial charge >= 0.3 is 0 Å². The van der Waals surface area contributed by atoms with E-state index in [0.29, 0.717) is 39.6 Å². The molecule has 0 aliphatic rings. The van der Waals surface area contributed by atoms with Gasteiger partial charge in [0.05, 0.1) is 19.8 Å². The second-order valence-electron chi connectivity index (χ2n) is 15.2. The van der Waals surface area contributed by atoms with Gasteiger partial charge in [0.25, 0.3) is 19.0 Å². The lowest BCUT2D eigenvalue weighted by Gasteiger charge is -2.20. The molecule has 1 aromatic carbocycles. The van der Waals surface area contributed by atoms with Crippen LogP contribution in [0.1, 0.15) is 131 Å². The van der Waals surface area contributed by atoms with Crippen molar-refractivity contribution in [1.29, 1.82) is 0 Å². The predicted molar refractivity (Wildman–Crippen MR) is 221 cm³/mol. The molecule has 0 unspecified atom stereocenters. The highest BCUT2D eigenvalue weighted by Gasteiger charge is 2.23. The quantitative estimate of drug-likeness (QED) is 0.0429. The third-order valence-electron chi connectivity index (χ3n) is 10.6. The van der Waals surface area contributed by atoms with E-state index < -0.39 is 0 Å². The van der Waals surface area contributed by atoms with Gasteiger partial charge in [-0.05, 0) is 56.7 Å². The Kier molecular flexibility index (Phi) is 21.7. The largest absolute Gasteiger partial charge is 0.378 e. The Balaban J connectivity index is 1.43. The first-order valence-corrected chi connectivity index (χ1v) is 21.9. The summed E-state index contributed by atoms with van der Waals surface area (Å²) in [5.41, 5.74) is 7.81. The summed E-state index contributed by atoms with van der Waals surface area (Å²) in [4.78, 5) is 18.0. The number of nitrogens with zero attached hydrogens (tertiary/aromatic N) is 6. The SMILES string of the molecule is CCCCCCOCCOn1cc[n+](Cc2c(C)c(C[n+]3ccn(OCCOCCCCCC)c3)c(C)c(C[n+]3ccn(OCCOCCCCCC)c3)c2C)c1. The van der Waals surface area contributed by atoms with Gasteiger partial charge in [0.2, 0.25) is 0 Å². The molecule has 12 heteroatoms. The lowest BCUT2D eigenvalue weighted by Crippen LogP contribution is -2.37. The minimum absolute atomic E-state index is 0.513. The molecular formula is C45H75N6O6+3. The standard InChI is InChI=1S/C45H75N6O6/c1-7-10-13-16-25-52-28-31-55-49-22-19-46(37-49)34-43-40(4)44(35-47-20-23-50(38-47)56-32-29-53-26-17-14-11-8-2)42(6)45(41(43)5)36-48-21-24-51(39-48)57-33-30-54-27-18-15-12-9-3/h19-24,37-39H,7-18,25-36H2,1-6H3/q+3. The fraction of sp³-hybridized carbons (Fsp3) is 0.667. The van der Waals surface area contributed by atoms with Gasteiger partial charge in [-0.2, -0.15) is 0 Å². The summed E-state index contributed by atoms with van der Waals surface area (Å²) in [6.45, 7) is 21.3. The molecule has 0 aliphatic heterocycles. The van der Waals surface area contributed by atoms with E-state index in [2.05, 4.69) is 73.8 Å². The molecular weight excluding hydrogens is 721 g/mol. The van der Waals surface area contributed by atoms with Crippen molar-refractivity contribution in [1.82, 2.24) is 14.2 Å². The van der Waals surface area contributed by atoms with Crippen LogP contribution in [0.3, 0.4) is 0 Å². The molecule has 57 heavy (non-hydrogen) atoms. The van der Waals surface area contributed by atoms with E-state index in [4.69, 9.17) is 28.7 Å². The lowest BCUT2D eigenvalue weighted by atomic mass is 9.87. The van der Waals surface area contributed by atoms with Gasteiger partial charge in [-0.25, -0.2) is 13.7 Å². The molecule has 12 nitrogen and oxygen atoms in total. The highest BCUT2D eigenvalue weighted by molar-refractivity contribution is 5.49. The van der Waals surface area contributed by atoms with Crippen LogP contribution in [0.5, 0.6) is 0 Å². The maximum atomic E-state index is 5.98. The molecule has 0 atom stereocenters. The summed E-state index contributed by atoms with van der Waals surface area (Å²) in [5, 5.41) is 0. The minimum Gasteiger partial charge on any atom is -0.378 e. The molecule has 0 radical (unpaired) electrons. The summed E-state index contributed by atoms with van der Waals surface area (Å²) in [6.07, 6.45) is 32.7. The Hall–Kier alpha value is -3.87. The third-order valence-corrected chi connectivity index (χ3v) is 10.6. The molecule has 3 heterocycles. The van der Waals surface area contributed by atoms with Crippen molar-refractivity contribution >= 4 is 0 Å². The van der Waals surface area contributed by atoms with Crippen molar-refractivity contribution in [3.8, 4) is 0 Å². The number of hydrogen-bond acceptors (Lipinski definition) is 6. The number of unbranched alkanes of at least 4 members (excludes halogenated alkanes) is 9. The van der Waals surface area contributed by atoms with Gasteiger partial charge in [0.15, 0.2) is 38.4 Å².